The molecule has 1 saturated heterocycles. The van der Waals surface area contributed by atoms with Crippen molar-refractivity contribution in [1.82, 2.24) is 9.80 Å². The summed E-state index contributed by atoms with van der Waals surface area (Å²) in [5.74, 6) is -0.0863. The van der Waals surface area contributed by atoms with Crippen LogP contribution in [0, 0.1) is 0 Å². The minimum atomic E-state index is -0.0766. The zero-order chi connectivity index (χ0) is 15.1. The molecule has 0 spiro atoms. The van der Waals surface area contributed by atoms with E-state index < -0.39 is 0 Å². The van der Waals surface area contributed by atoms with Crippen LogP contribution in [0.5, 0.6) is 0 Å². The molecule has 1 aromatic carbocycles. The molecule has 1 aliphatic rings. The molecule has 1 aliphatic heterocycles. The average molecular weight is 311 g/mol. The van der Waals surface area contributed by atoms with E-state index in [1.807, 2.05) is 6.07 Å². The molecule has 4 nitrogen and oxygen atoms in total. The highest BCUT2D eigenvalue weighted by Gasteiger charge is 2.27. The van der Waals surface area contributed by atoms with E-state index in [9.17, 15) is 4.79 Å². The Morgan fingerprint density at radius 3 is 2.52 bits per heavy atom. The second kappa shape index (κ2) is 8.37. The third kappa shape index (κ3) is 4.70. The van der Waals surface area contributed by atoms with E-state index >= 15 is 0 Å². The van der Waals surface area contributed by atoms with Crippen LogP contribution in [0.1, 0.15) is 18.4 Å². The van der Waals surface area contributed by atoms with E-state index in [4.69, 9.17) is 16.7 Å². The first-order valence-electron chi connectivity index (χ1n) is 7.47. The van der Waals surface area contributed by atoms with Crippen LogP contribution in [0.3, 0.4) is 0 Å². The number of alkyl halides is 1. The maximum absolute atomic E-state index is 11.8. The van der Waals surface area contributed by atoms with Crippen LogP contribution in [0.2, 0.25) is 0 Å². The molecule has 1 N–H and O–H groups in total. The van der Waals surface area contributed by atoms with Crippen molar-refractivity contribution in [2.24, 2.45) is 0 Å². The summed E-state index contributed by atoms with van der Waals surface area (Å²) < 4.78 is 0. The van der Waals surface area contributed by atoms with Gasteiger partial charge in [0.2, 0.25) is 5.91 Å². The van der Waals surface area contributed by atoms with Crippen molar-refractivity contribution in [3.8, 4) is 0 Å². The van der Waals surface area contributed by atoms with E-state index in [-0.39, 0.29) is 24.4 Å². The molecule has 1 aromatic rings. The number of hydrogen-bond donors (Lipinski definition) is 1. The predicted molar refractivity (Wildman–Crippen MR) is 84.3 cm³/mol. The summed E-state index contributed by atoms with van der Waals surface area (Å²) in [6, 6.07) is 10.6. The van der Waals surface area contributed by atoms with Crippen molar-refractivity contribution in [2.75, 3.05) is 32.1 Å². The fourth-order valence-corrected chi connectivity index (χ4v) is 3.08. The number of amides is 1. The molecule has 116 valence electrons. The van der Waals surface area contributed by atoms with Gasteiger partial charge in [0.15, 0.2) is 0 Å². The van der Waals surface area contributed by atoms with Gasteiger partial charge in [-0.25, -0.2) is 0 Å². The van der Waals surface area contributed by atoms with Gasteiger partial charge in [0.1, 0.15) is 5.88 Å². The highest BCUT2D eigenvalue weighted by atomic mass is 35.5. The number of halogens is 1. The SMILES string of the molecule is O=C(CCl)N(CCO)C1CCN(Cc2ccccc2)CC1. The molecule has 1 heterocycles. The lowest BCUT2D eigenvalue weighted by atomic mass is 10.0. The Bertz CT molecular complexity index is 433. The third-order valence-electron chi connectivity index (χ3n) is 4.02. The van der Waals surface area contributed by atoms with Crippen LogP contribution in [0.15, 0.2) is 30.3 Å². The highest BCUT2D eigenvalue weighted by molar-refractivity contribution is 6.27. The monoisotopic (exact) mass is 310 g/mol. The number of rotatable bonds is 6. The normalized spacial score (nSPS) is 16.9. The molecular weight excluding hydrogens is 288 g/mol. The number of aliphatic hydroxyl groups is 1. The van der Waals surface area contributed by atoms with E-state index in [0.717, 1.165) is 32.5 Å². The number of carbonyl (C=O) groups is 1. The van der Waals surface area contributed by atoms with Gasteiger partial charge in [-0.1, -0.05) is 30.3 Å². The quantitative estimate of drug-likeness (QED) is 0.814. The van der Waals surface area contributed by atoms with E-state index in [0.29, 0.717) is 6.54 Å². The number of benzene rings is 1. The lowest BCUT2D eigenvalue weighted by molar-refractivity contribution is -0.132. The second-order valence-corrected chi connectivity index (χ2v) is 5.70. The number of hydrogen-bond acceptors (Lipinski definition) is 3. The summed E-state index contributed by atoms with van der Waals surface area (Å²) in [6.45, 7) is 3.27. The number of carbonyl (C=O) groups excluding carboxylic acids is 1. The smallest absolute Gasteiger partial charge is 0.237 e. The predicted octanol–water partition coefficient (Wildman–Crippen LogP) is 1.71. The lowest BCUT2D eigenvalue weighted by Gasteiger charge is -2.38. The maximum atomic E-state index is 11.8. The zero-order valence-corrected chi connectivity index (χ0v) is 13.0. The molecule has 0 atom stereocenters. The topological polar surface area (TPSA) is 43.8 Å². The summed E-state index contributed by atoms with van der Waals surface area (Å²) in [5, 5.41) is 9.11. The van der Waals surface area contributed by atoms with Crippen molar-refractivity contribution in [3.05, 3.63) is 35.9 Å². The standard InChI is InChI=1S/C16H23ClN2O2/c17-12-16(21)19(10-11-20)15-6-8-18(9-7-15)13-14-4-2-1-3-5-14/h1-5,15,20H,6-13H2. The molecule has 0 aliphatic carbocycles. The molecule has 5 heteroatoms. The fraction of sp³-hybridized carbons (Fsp3) is 0.562. The Morgan fingerprint density at radius 2 is 1.95 bits per heavy atom. The fourth-order valence-electron chi connectivity index (χ4n) is 2.93. The summed E-state index contributed by atoms with van der Waals surface area (Å²) >= 11 is 5.65. The second-order valence-electron chi connectivity index (χ2n) is 5.44. The van der Waals surface area contributed by atoms with Crippen molar-refractivity contribution in [2.45, 2.75) is 25.4 Å². The van der Waals surface area contributed by atoms with Crippen LogP contribution in [0.4, 0.5) is 0 Å². The Kier molecular flexibility index (Phi) is 6.49. The average Bonchev–Trinajstić information content (AvgIpc) is 2.54. The summed E-state index contributed by atoms with van der Waals surface area (Å²) in [7, 11) is 0. The molecule has 0 bridgehead atoms. The van der Waals surface area contributed by atoms with Crippen LogP contribution < -0.4 is 0 Å². The number of aliphatic hydroxyl groups excluding tert-OH is 1. The molecule has 2 rings (SSSR count). The first kappa shape index (κ1) is 16.3. The van der Waals surface area contributed by atoms with Gasteiger partial charge in [0.05, 0.1) is 6.61 Å². The molecule has 0 unspecified atom stereocenters. The molecule has 21 heavy (non-hydrogen) atoms. The van der Waals surface area contributed by atoms with E-state index in [1.54, 1.807) is 4.90 Å². The van der Waals surface area contributed by atoms with Crippen molar-refractivity contribution < 1.29 is 9.90 Å². The van der Waals surface area contributed by atoms with Gasteiger partial charge in [0, 0.05) is 32.2 Å². The van der Waals surface area contributed by atoms with Crippen molar-refractivity contribution in [1.29, 1.82) is 0 Å². The summed E-state index contributed by atoms with van der Waals surface area (Å²) in [5.41, 5.74) is 1.32. The van der Waals surface area contributed by atoms with Gasteiger partial charge >= 0.3 is 0 Å². The van der Waals surface area contributed by atoms with E-state index in [2.05, 4.69) is 29.2 Å². The zero-order valence-electron chi connectivity index (χ0n) is 12.2. The van der Waals surface area contributed by atoms with Gasteiger partial charge in [-0.2, -0.15) is 0 Å². The maximum Gasteiger partial charge on any atom is 0.237 e. The molecule has 0 aromatic heterocycles. The highest BCUT2D eigenvalue weighted by Crippen LogP contribution is 2.18. The first-order chi connectivity index (χ1) is 10.2. The lowest BCUT2D eigenvalue weighted by Crippen LogP contribution is -2.48. The minimum Gasteiger partial charge on any atom is -0.395 e. The van der Waals surface area contributed by atoms with Gasteiger partial charge in [-0.05, 0) is 18.4 Å². The van der Waals surface area contributed by atoms with Gasteiger partial charge in [-0.15, -0.1) is 11.6 Å². The molecule has 0 radical (unpaired) electrons. The first-order valence-corrected chi connectivity index (χ1v) is 8.00. The number of likely N-dealkylation sites (tertiary alicyclic amines) is 1. The van der Waals surface area contributed by atoms with Crippen LogP contribution in [0.25, 0.3) is 0 Å². The summed E-state index contributed by atoms with van der Waals surface area (Å²) in [4.78, 5) is 16.0. The van der Waals surface area contributed by atoms with Gasteiger partial charge in [0.25, 0.3) is 0 Å². The molecular formula is C16H23ClN2O2. The molecule has 1 fully saturated rings. The molecule has 0 saturated carbocycles. The number of nitrogens with zero attached hydrogens (tertiary/aromatic N) is 2. The Hall–Kier alpha value is -1.10. The van der Waals surface area contributed by atoms with E-state index in [1.165, 1.54) is 5.56 Å². The minimum absolute atomic E-state index is 0.00708. The van der Waals surface area contributed by atoms with Crippen molar-refractivity contribution >= 4 is 17.5 Å². The Balaban J connectivity index is 1.85. The van der Waals surface area contributed by atoms with Crippen LogP contribution >= 0.6 is 11.6 Å². The van der Waals surface area contributed by atoms with Crippen molar-refractivity contribution in [3.63, 3.8) is 0 Å². The molecule has 1 amide bonds. The number of piperidine rings is 1. The largest absolute Gasteiger partial charge is 0.395 e. The third-order valence-corrected chi connectivity index (χ3v) is 4.25. The Labute approximate surface area is 131 Å². The van der Waals surface area contributed by atoms with Crippen LogP contribution in [-0.2, 0) is 11.3 Å². The van der Waals surface area contributed by atoms with Gasteiger partial charge < -0.3 is 10.0 Å². The van der Waals surface area contributed by atoms with Gasteiger partial charge in [-0.3, -0.25) is 9.69 Å². The summed E-state index contributed by atoms with van der Waals surface area (Å²) in [6.07, 6.45) is 1.88. The Morgan fingerprint density at radius 1 is 1.29 bits per heavy atom. The van der Waals surface area contributed by atoms with Crippen LogP contribution in [-0.4, -0.2) is 59.0 Å².